The van der Waals surface area contributed by atoms with Crippen LogP contribution in [0.2, 0.25) is 0 Å². The maximum atomic E-state index is 12.5. The Balaban J connectivity index is 1.52. The first-order valence-electron chi connectivity index (χ1n) is 7.58. The number of anilines is 1. The summed E-state index contributed by atoms with van der Waals surface area (Å²) in [6.07, 6.45) is 0.700. The fraction of sp³-hybridized carbons (Fsp3) is 0.222. The van der Waals surface area contributed by atoms with Gasteiger partial charge in [0, 0.05) is 0 Å². The number of carbonyl (C=O) groups is 1. The first kappa shape index (κ1) is 14.2. The number of aryl methyl sites for hydroxylation is 1. The summed E-state index contributed by atoms with van der Waals surface area (Å²) in [4.78, 5) is 17.1. The van der Waals surface area contributed by atoms with Crippen molar-refractivity contribution < 1.29 is 9.53 Å². The van der Waals surface area contributed by atoms with Gasteiger partial charge < -0.3 is 10.1 Å². The van der Waals surface area contributed by atoms with Crippen molar-refractivity contribution in [3.63, 3.8) is 0 Å². The second-order valence-corrected chi connectivity index (χ2v) is 6.78. The summed E-state index contributed by atoms with van der Waals surface area (Å²) in [5, 5.41) is 3.60. The first-order chi connectivity index (χ1) is 11.2. The van der Waals surface area contributed by atoms with Gasteiger partial charge in [0.1, 0.15) is 12.4 Å². The average Bonchev–Trinajstić information content (AvgIpc) is 2.98. The van der Waals surface area contributed by atoms with E-state index in [1.165, 1.54) is 11.3 Å². The highest BCUT2D eigenvalue weighted by atomic mass is 32.1. The predicted molar refractivity (Wildman–Crippen MR) is 92.1 cm³/mol. The van der Waals surface area contributed by atoms with E-state index in [9.17, 15) is 4.79 Å². The van der Waals surface area contributed by atoms with Crippen molar-refractivity contribution >= 4 is 32.6 Å². The van der Waals surface area contributed by atoms with E-state index in [0.717, 1.165) is 27.1 Å². The highest BCUT2D eigenvalue weighted by Crippen LogP contribution is 2.30. The molecule has 2 heterocycles. The monoisotopic (exact) mass is 324 g/mol. The number of ether oxygens (including phenoxy) is 1. The Morgan fingerprint density at radius 3 is 3.00 bits per heavy atom. The van der Waals surface area contributed by atoms with Gasteiger partial charge >= 0.3 is 0 Å². The Labute approximate surface area is 138 Å². The lowest BCUT2D eigenvalue weighted by Crippen LogP contribution is -2.32. The fourth-order valence-corrected chi connectivity index (χ4v) is 3.79. The Morgan fingerprint density at radius 1 is 1.26 bits per heavy atom. The van der Waals surface area contributed by atoms with Gasteiger partial charge in [0.15, 0.2) is 5.13 Å². The standard InChI is InChI=1S/C18H16N2O2S/c1-11-5-4-8-15-16(11)19-18(23-15)20-17(21)13-9-12-6-2-3-7-14(12)22-10-13/h2-8,13H,9-10H2,1H3,(H,19,20,21). The molecule has 0 fully saturated rings. The quantitative estimate of drug-likeness (QED) is 0.780. The van der Waals surface area contributed by atoms with Crippen LogP contribution in [0.5, 0.6) is 5.75 Å². The molecule has 3 aromatic rings. The fourth-order valence-electron chi connectivity index (χ4n) is 2.84. The zero-order chi connectivity index (χ0) is 15.8. The zero-order valence-corrected chi connectivity index (χ0v) is 13.5. The summed E-state index contributed by atoms with van der Waals surface area (Å²) in [7, 11) is 0. The molecule has 1 N–H and O–H groups in total. The highest BCUT2D eigenvalue weighted by molar-refractivity contribution is 7.22. The molecule has 4 rings (SSSR count). The van der Waals surface area contributed by atoms with Gasteiger partial charge in [-0.3, -0.25) is 4.79 Å². The minimum atomic E-state index is -0.182. The summed E-state index contributed by atoms with van der Waals surface area (Å²) < 4.78 is 6.78. The maximum Gasteiger partial charge on any atom is 0.233 e. The van der Waals surface area contributed by atoms with Crippen LogP contribution in [0.1, 0.15) is 11.1 Å². The number of para-hydroxylation sites is 2. The van der Waals surface area contributed by atoms with E-state index in [-0.39, 0.29) is 11.8 Å². The number of fused-ring (bicyclic) bond motifs is 2. The van der Waals surface area contributed by atoms with Crippen LogP contribution in [0.15, 0.2) is 42.5 Å². The van der Waals surface area contributed by atoms with Crippen LogP contribution in [0.3, 0.4) is 0 Å². The van der Waals surface area contributed by atoms with Crippen molar-refractivity contribution in [2.24, 2.45) is 5.92 Å². The lowest BCUT2D eigenvalue weighted by atomic mass is 9.96. The number of rotatable bonds is 2. The number of nitrogens with zero attached hydrogens (tertiary/aromatic N) is 1. The van der Waals surface area contributed by atoms with Crippen molar-refractivity contribution in [3.05, 3.63) is 53.6 Å². The Morgan fingerprint density at radius 2 is 2.13 bits per heavy atom. The second-order valence-electron chi connectivity index (χ2n) is 5.75. The van der Waals surface area contributed by atoms with Gasteiger partial charge in [0.05, 0.1) is 16.1 Å². The number of amides is 1. The van der Waals surface area contributed by atoms with Crippen LogP contribution in [0.4, 0.5) is 5.13 Å². The molecule has 1 aromatic heterocycles. The molecule has 0 saturated heterocycles. The molecule has 0 radical (unpaired) electrons. The molecule has 1 aliphatic rings. The molecule has 1 aliphatic heterocycles. The van der Waals surface area contributed by atoms with E-state index in [0.29, 0.717) is 18.2 Å². The Kier molecular flexibility index (Phi) is 3.50. The third-order valence-electron chi connectivity index (χ3n) is 4.10. The molecule has 0 saturated carbocycles. The lowest BCUT2D eigenvalue weighted by molar-refractivity contribution is -0.121. The number of thiazole rings is 1. The highest BCUT2D eigenvalue weighted by Gasteiger charge is 2.26. The summed E-state index contributed by atoms with van der Waals surface area (Å²) in [5.74, 6) is 0.668. The molecule has 0 aliphatic carbocycles. The van der Waals surface area contributed by atoms with Crippen LogP contribution < -0.4 is 10.1 Å². The molecule has 0 bridgehead atoms. The lowest BCUT2D eigenvalue weighted by Gasteiger charge is -2.24. The number of hydrogen-bond acceptors (Lipinski definition) is 4. The minimum Gasteiger partial charge on any atom is -0.492 e. The maximum absolute atomic E-state index is 12.5. The van der Waals surface area contributed by atoms with E-state index >= 15 is 0 Å². The van der Waals surface area contributed by atoms with Crippen molar-refractivity contribution in [2.75, 3.05) is 11.9 Å². The molecular formula is C18H16N2O2S. The minimum absolute atomic E-state index is 0.0313. The molecule has 23 heavy (non-hydrogen) atoms. The van der Waals surface area contributed by atoms with Crippen LogP contribution in [0.25, 0.3) is 10.2 Å². The van der Waals surface area contributed by atoms with E-state index in [1.54, 1.807) is 0 Å². The largest absolute Gasteiger partial charge is 0.492 e. The molecule has 1 atom stereocenters. The molecule has 116 valence electrons. The van der Waals surface area contributed by atoms with Crippen LogP contribution >= 0.6 is 11.3 Å². The van der Waals surface area contributed by atoms with Crippen LogP contribution in [-0.2, 0) is 11.2 Å². The van der Waals surface area contributed by atoms with E-state index in [1.807, 2.05) is 49.4 Å². The number of hydrogen-bond donors (Lipinski definition) is 1. The molecule has 0 spiro atoms. The van der Waals surface area contributed by atoms with Crippen molar-refractivity contribution in [2.45, 2.75) is 13.3 Å². The van der Waals surface area contributed by atoms with E-state index < -0.39 is 0 Å². The number of nitrogens with one attached hydrogen (secondary N) is 1. The molecule has 4 nitrogen and oxygen atoms in total. The number of carbonyl (C=O) groups excluding carboxylic acids is 1. The zero-order valence-electron chi connectivity index (χ0n) is 12.7. The number of benzene rings is 2. The van der Waals surface area contributed by atoms with Gasteiger partial charge in [-0.1, -0.05) is 41.7 Å². The van der Waals surface area contributed by atoms with E-state index in [4.69, 9.17) is 4.74 Å². The van der Waals surface area contributed by atoms with Gasteiger partial charge in [-0.15, -0.1) is 0 Å². The Hall–Kier alpha value is -2.40. The Bertz CT molecular complexity index is 888. The van der Waals surface area contributed by atoms with Gasteiger partial charge in [-0.2, -0.15) is 0 Å². The summed E-state index contributed by atoms with van der Waals surface area (Å²) in [5.41, 5.74) is 3.16. The van der Waals surface area contributed by atoms with Crippen LogP contribution in [0, 0.1) is 12.8 Å². The summed E-state index contributed by atoms with van der Waals surface area (Å²) >= 11 is 1.51. The molecular weight excluding hydrogens is 308 g/mol. The van der Waals surface area contributed by atoms with Crippen molar-refractivity contribution in [1.82, 2.24) is 4.98 Å². The third kappa shape index (κ3) is 2.68. The van der Waals surface area contributed by atoms with E-state index in [2.05, 4.69) is 10.3 Å². The second kappa shape index (κ2) is 5.66. The van der Waals surface area contributed by atoms with Gasteiger partial charge in [-0.05, 0) is 36.6 Å². The van der Waals surface area contributed by atoms with Gasteiger partial charge in [0.25, 0.3) is 0 Å². The third-order valence-corrected chi connectivity index (χ3v) is 5.04. The normalized spacial score (nSPS) is 16.7. The van der Waals surface area contributed by atoms with Gasteiger partial charge in [-0.25, -0.2) is 4.98 Å². The first-order valence-corrected chi connectivity index (χ1v) is 8.40. The summed E-state index contributed by atoms with van der Waals surface area (Å²) in [6.45, 7) is 2.44. The van der Waals surface area contributed by atoms with Crippen molar-refractivity contribution in [1.29, 1.82) is 0 Å². The average molecular weight is 324 g/mol. The summed E-state index contributed by atoms with van der Waals surface area (Å²) in [6, 6.07) is 13.9. The molecule has 5 heteroatoms. The molecule has 1 unspecified atom stereocenters. The smallest absolute Gasteiger partial charge is 0.233 e. The topological polar surface area (TPSA) is 51.2 Å². The number of aromatic nitrogens is 1. The van der Waals surface area contributed by atoms with Crippen LogP contribution in [-0.4, -0.2) is 17.5 Å². The SMILES string of the molecule is Cc1cccc2sc(NC(=O)C3COc4ccccc4C3)nc12. The van der Waals surface area contributed by atoms with Crippen molar-refractivity contribution in [3.8, 4) is 5.75 Å². The van der Waals surface area contributed by atoms with Gasteiger partial charge in [0.2, 0.25) is 5.91 Å². The molecule has 1 amide bonds. The molecule has 2 aromatic carbocycles. The predicted octanol–water partition coefficient (Wildman–Crippen LogP) is 3.79.